The number of amides is 3. The first-order valence-electron chi connectivity index (χ1n) is 14.8. The fourth-order valence-corrected chi connectivity index (χ4v) is 7.01. The summed E-state index contributed by atoms with van der Waals surface area (Å²) in [6.45, 7) is 8.11. The van der Waals surface area contributed by atoms with Gasteiger partial charge in [0.15, 0.2) is 0 Å². The molecular formula is C33H41N3O6. The van der Waals surface area contributed by atoms with E-state index in [0.29, 0.717) is 51.4 Å². The molecule has 9 heteroatoms. The summed E-state index contributed by atoms with van der Waals surface area (Å²) in [6.07, 6.45) is 3.15. The van der Waals surface area contributed by atoms with Gasteiger partial charge in [0.05, 0.1) is 20.3 Å². The van der Waals surface area contributed by atoms with Gasteiger partial charge in [0.2, 0.25) is 11.8 Å². The van der Waals surface area contributed by atoms with Crippen LogP contribution in [0.15, 0.2) is 54.2 Å². The maximum atomic E-state index is 14.3. The van der Waals surface area contributed by atoms with E-state index in [4.69, 9.17) is 9.47 Å². The van der Waals surface area contributed by atoms with Crippen molar-refractivity contribution in [3.05, 3.63) is 59.8 Å². The highest BCUT2D eigenvalue weighted by molar-refractivity contribution is 5.93. The first kappa shape index (κ1) is 29.6. The molecule has 2 saturated heterocycles. The number of piperidine rings is 1. The van der Waals surface area contributed by atoms with Crippen molar-refractivity contribution in [2.75, 3.05) is 39.9 Å². The molecule has 3 aliphatic rings. The number of rotatable bonds is 6. The molecule has 3 amide bonds. The number of carbonyl (C=O) groups excluding carboxylic acids is 4. The minimum absolute atomic E-state index is 0.00324. The number of benzene rings is 2. The predicted molar refractivity (Wildman–Crippen MR) is 158 cm³/mol. The van der Waals surface area contributed by atoms with Crippen molar-refractivity contribution in [1.82, 2.24) is 14.7 Å². The zero-order chi connectivity index (χ0) is 30.1. The first-order valence-corrected chi connectivity index (χ1v) is 14.8. The molecule has 9 nitrogen and oxygen atoms in total. The third-order valence-electron chi connectivity index (χ3n) is 8.98. The molecule has 224 valence electrons. The Bertz CT molecular complexity index is 1400. The third-order valence-corrected chi connectivity index (χ3v) is 8.98. The lowest BCUT2D eigenvalue weighted by atomic mass is 9.59. The molecule has 2 fully saturated rings. The van der Waals surface area contributed by atoms with Crippen molar-refractivity contribution in [1.29, 1.82) is 0 Å². The van der Waals surface area contributed by atoms with Crippen molar-refractivity contribution in [3.8, 4) is 0 Å². The lowest BCUT2D eigenvalue weighted by Gasteiger charge is -2.51. The molecule has 42 heavy (non-hydrogen) atoms. The van der Waals surface area contributed by atoms with Crippen LogP contribution in [0.2, 0.25) is 0 Å². The van der Waals surface area contributed by atoms with Crippen LogP contribution in [-0.2, 0) is 30.4 Å². The van der Waals surface area contributed by atoms with Crippen molar-refractivity contribution < 1.29 is 28.7 Å². The average Bonchev–Trinajstić information content (AvgIpc) is 2.98. The van der Waals surface area contributed by atoms with E-state index in [1.807, 2.05) is 48.5 Å². The molecule has 1 aliphatic carbocycles. The Morgan fingerprint density at radius 2 is 1.67 bits per heavy atom. The summed E-state index contributed by atoms with van der Waals surface area (Å²) in [5, 5.41) is 2.12. The summed E-state index contributed by atoms with van der Waals surface area (Å²) in [5.74, 6) is -1.34. The smallest absolute Gasteiger partial charge is 0.409 e. The summed E-state index contributed by atoms with van der Waals surface area (Å²) < 4.78 is 10.5. The minimum atomic E-state index is -1.03. The van der Waals surface area contributed by atoms with Crippen molar-refractivity contribution in [2.24, 2.45) is 16.7 Å². The molecular weight excluding hydrogens is 534 g/mol. The predicted octanol–water partition coefficient (Wildman–Crippen LogP) is 4.74. The number of allylic oxidation sites excluding steroid dienone is 1. The van der Waals surface area contributed by atoms with Gasteiger partial charge >= 0.3 is 12.1 Å². The molecule has 0 bridgehead atoms. The van der Waals surface area contributed by atoms with Gasteiger partial charge in [-0.2, -0.15) is 0 Å². The van der Waals surface area contributed by atoms with Crippen LogP contribution in [0.3, 0.4) is 0 Å². The highest BCUT2D eigenvalue weighted by atomic mass is 16.6. The molecule has 2 aliphatic heterocycles. The number of nitrogens with zero attached hydrogens (tertiary/aromatic N) is 3. The van der Waals surface area contributed by atoms with E-state index in [1.165, 1.54) is 7.11 Å². The Balaban J connectivity index is 1.45. The van der Waals surface area contributed by atoms with E-state index in [0.717, 1.165) is 22.8 Å². The van der Waals surface area contributed by atoms with E-state index in [-0.39, 0.29) is 42.1 Å². The molecule has 2 heterocycles. The number of hydrogen-bond acceptors (Lipinski definition) is 6. The molecule has 0 spiro atoms. The van der Waals surface area contributed by atoms with Gasteiger partial charge in [-0.15, -0.1) is 0 Å². The molecule has 0 N–H and O–H groups in total. The topological polar surface area (TPSA) is 96.5 Å². The molecule has 0 unspecified atom stereocenters. The van der Waals surface area contributed by atoms with Crippen LogP contribution in [0.1, 0.15) is 52.0 Å². The van der Waals surface area contributed by atoms with Crippen molar-refractivity contribution in [3.63, 3.8) is 0 Å². The lowest BCUT2D eigenvalue weighted by molar-refractivity contribution is -0.163. The van der Waals surface area contributed by atoms with Crippen LogP contribution in [0, 0.1) is 16.7 Å². The Hall–Kier alpha value is -3.88. The summed E-state index contributed by atoms with van der Waals surface area (Å²) >= 11 is 0. The van der Waals surface area contributed by atoms with Crippen molar-refractivity contribution in [2.45, 2.75) is 53.0 Å². The number of likely N-dealkylation sites (tertiary alicyclic amines) is 1. The number of ether oxygens (including phenoxy) is 2. The second kappa shape index (κ2) is 11.8. The van der Waals surface area contributed by atoms with Gasteiger partial charge in [0.25, 0.3) is 0 Å². The van der Waals surface area contributed by atoms with E-state index in [9.17, 15) is 19.2 Å². The SMILES string of the molecule is CCOC(=O)N1CCN(C(=O)C[C@@H]2C[C@@]3(C(=O)OC)CC(C)(C)CC=C3N(Cc3cccc4ccccc34)C2=O)CC1. The Kier molecular flexibility index (Phi) is 8.30. The van der Waals surface area contributed by atoms with Gasteiger partial charge in [-0.1, -0.05) is 62.4 Å². The second-order valence-corrected chi connectivity index (χ2v) is 12.4. The molecule has 0 aromatic heterocycles. The van der Waals surface area contributed by atoms with Gasteiger partial charge in [-0.3, -0.25) is 14.4 Å². The van der Waals surface area contributed by atoms with Crippen LogP contribution in [0.5, 0.6) is 0 Å². The fourth-order valence-electron chi connectivity index (χ4n) is 7.01. The normalized spacial score (nSPS) is 23.7. The van der Waals surface area contributed by atoms with E-state index in [2.05, 4.69) is 13.8 Å². The first-order chi connectivity index (χ1) is 20.1. The van der Waals surface area contributed by atoms with Crippen LogP contribution in [0.4, 0.5) is 4.79 Å². The minimum Gasteiger partial charge on any atom is -0.468 e. The zero-order valence-corrected chi connectivity index (χ0v) is 25.1. The van der Waals surface area contributed by atoms with Crippen LogP contribution in [-0.4, -0.2) is 78.5 Å². The Morgan fingerprint density at radius 1 is 0.976 bits per heavy atom. The third kappa shape index (κ3) is 5.61. The van der Waals surface area contributed by atoms with Gasteiger partial charge in [0.1, 0.15) is 5.41 Å². The molecule has 2 atom stereocenters. The van der Waals surface area contributed by atoms with Gasteiger partial charge in [-0.05, 0) is 47.9 Å². The largest absolute Gasteiger partial charge is 0.468 e. The highest BCUT2D eigenvalue weighted by Crippen LogP contribution is 2.55. The van der Waals surface area contributed by atoms with E-state index >= 15 is 0 Å². The highest BCUT2D eigenvalue weighted by Gasteiger charge is 2.57. The molecule has 2 aromatic carbocycles. The summed E-state index contributed by atoms with van der Waals surface area (Å²) in [6, 6.07) is 14.1. The number of fused-ring (bicyclic) bond motifs is 2. The zero-order valence-electron chi connectivity index (χ0n) is 25.1. The standard InChI is InChI=1S/C33H41N3O6/c1-5-42-31(40)35-17-15-34(16-18-35)28(37)19-25-20-33(30(39)41-4)22-32(2,3)14-13-27(33)36(29(25)38)21-24-11-8-10-23-9-6-7-12-26(23)24/h6-13,25H,5,14-22H2,1-4H3/t25-,33-/m1/s1. The van der Waals surface area contributed by atoms with Gasteiger partial charge in [0, 0.05) is 44.2 Å². The van der Waals surface area contributed by atoms with Crippen LogP contribution >= 0.6 is 0 Å². The molecule has 5 rings (SSSR count). The van der Waals surface area contributed by atoms with E-state index in [1.54, 1.807) is 21.6 Å². The Labute approximate surface area is 247 Å². The average molecular weight is 576 g/mol. The number of esters is 1. The number of hydrogen-bond donors (Lipinski definition) is 0. The quantitative estimate of drug-likeness (QED) is 0.462. The van der Waals surface area contributed by atoms with Crippen molar-refractivity contribution >= 4 is 34.6 Å². The fraction of sp³-hybridized carbons (Fsp3) is 0.515. The molecule has 0 saturated carbocycles. The Morgan fingerprint density at radius 3 is 2.38 bits per heavy atom. The lowest BCUT2D eigenvalue weighted by Crippen LogP contribution is -2.56. The summed E-state index contributed by atoms with van der Waals surface area (Å²) in [4.78, 5) is 58.7. The van der Waals surface area contributed by atoms with Gasteiger partial charge < -0.3 is 24.2 Å². The second-order valence-electron chi connectivity index (χ2n) is 12.4. The number of carbonyl (C=O) groups is 4. The van der Waals surface area contributed by atoms with Crippen LogP contribution in [0.25, 0.3) is 10.8 Å². The van der Waals surface area contributed by atoms with E-state index < -0.39 is 11.3 Å². The summed E-state index contributed by atoms with van der Waals surface area (Å²) in [7, 11) is 1.39. The number of piperazine rings is 1. The maximum Gasteiger partial charge on any atom is 0.409 e. The summed E-state index contributed by atoms with van der Waals surface area (Å²) in [5.41, 5.74) is 0.468. The molecule has 2 aromatic rings. The monoisotopic (exact) mass is 575 g/mol. The maximum absolute atomic E-state index is 14.3. The van der Waals surface area contributed by atoms with Gasteiger partial charge in [-0.25, -0.2) is 4.79 Å². The van der Waals surface area contributed by atoms with Crippen LogP contribution < -0.4 is 0 Å². The molecule has 0 radical (unpaired) electrons. The number of methoxy groups -OCH3 is 1.